The molecule has 3 aromatic rings. The van der Waals surface area contributed by atoms with Crippen LogP contribution in [0.15, 0.2) is 41.1 Å². The number of benzene rings is 1. The van der Waals surface area contributed by atoms with E-state index >= 15 is 9.59 Å². The molecule has 0 aliphatic carbocycles. The molecular weight excluding hydrogens is 899 g/mol. The molecule has 19 nitrogen and oxygen atoms in total. The minimum absolute atomic E-state index is 0.0111. The molecule has 0 spiro atoms. The number of nitrogens with two attached hydrogens (primary N) is 1. The van der Waals surface area contributed by atoms with E-state index in [1.807, 2.05) is 103 Å². The molecule has 0 saturated heterocycles. The van der Waals surface area contributed by atoms with Crippen LogP contribution in [0.5, 0.6) is 0 Å². The van der Waals surface area contributed by atoms with Gasteiger partial charge in [-0.2, -0.15) is 5.26 Å². The van der Waals surface area contributed by atoms with Crippen LogP contribution in [0.1, 0.15) is 118 Å². The van der Waals surface area contributed by atoms with Gasteiger partial charge >= 0.3 is 11.9 Å². The predicted molar refractivity (Wildman–Crippen MR) is 263 cm³/mol. The molecule has 2 heterocycles. The third kappa shape index (κ3) is 16.4. The lowest BCUT2D eigenvalue weighted by Gasteiger charge is -2.35. The lowest BCUT2D eigenvalue weighted by Crippen LogP contribution is -2.60. The van der Waals surface area contributed by atoms with E-state index < -0.39 is 83.8 Å². The summed E-state index contributed by atoms with van der Waals surface area (Å²) in [6.45, 7) is 18.8. The molecule has 0 saturated carbocycles. The number of esters is 1. The van der Waals surface area contributed by atoms with Gasteiger partial charge in [-0.3, -0.25) is 24.0 Å². The number of hydrogen-bond acceptors (Lipinski definition) is 12. The molecule has 0 fully saturated rings. The van der Waals surface area contributed by atoms with Gasteiger partial charge in [-0.15, -0.1) is 0 Å². The van der Waals surface area contributed by atoms with E-state index in [-0.39, 0.29) is 55.8 Å². The zero-order valence-electron chi connectivity index (χ0n) is 43.4. The van der Waals surface area contributed by atoms with Crippen molar-refractivity contribution in [2.24, 2.45) is 29.4 Å². The highest BCUT2D eigenvalue weighted by Gasteiger charge is 2.39. The lowest BCUT2D eigenvalue weighted by molar-refractivity contribution is -0.169. The Kier molecular flexibility index (Phi) is 22.1. The molecular formula is C51H77N9O10. The number of aliphatic carboxylic acids is 1. The van der Waals surface area contributed by atoms with Gasteiger partial charge in [-0.25, -0.2) is 9.59 Å². The number of rotatable bonds is 27. The zero-order valence-corrected chi connectivity index (χ0v) is 43.4. The fraction of sp³-hybridized carbons (Fsp3) is 0.627. The van der Waals surface area contributed by atoms with Gasteiger partial charge in [0, 0.05) is 63.6 Å². The summed E-state index contributed by atoms with van der Waals surface area (Å²) in [7, 11) is 4.36. The molecule has 1 aromatic carbocycles. The number of ether oxygens (including phenoxy) is 1. The Morgan fingerprint density at radius 2 is 1.31 bits per heavy atom. The van der Waals surface area contributed by atoms with Crippen LogP contribution in [-0.2, 0) is 51.3 Å². The first-order chi connectivity index (χ1) is 32.8. The van der Waals surface area contributed by atoms with E-state index in [0.717, 1.165) is 15.8 Å². The van der Waals surface area contributed by atoms with Crippen molar-refractivity contribution in [3.05, 3.63) is 53.5 Å². The molecule has 7 atom stereocenters. The second-order valence-corrected chi connectivity index (χ2v) is 20.2. The van der Waals surface area contributed by atoms with Crippen LogP contribution < -0.4 is 16.4 Å². The summed E-state index contributed by atoms with van der Waals surface area (Å²) in [5.74, 6) is -4.83. The van der Waals surface area contributed by atoms with E-state index in [1.54, 1.807) is 14.0 Å². The molecule has 386 valence electrons. The molecule has 0 aliphatic rings. The number of carbonyl (C=O) groups is 7. The number of carboxylic acid groups (broad SMARTS) is 1. The minimum Gasteiger partial charge on any atom is -0.479 e. The smallest absolute Gasteiger partial charge is 0.345 e. The largest absolute Gasteiger partial charge is 0.479 e. The fourth-order valence-electron chi connectivity index (χ4n) is 8.39. The number of fused-ring (bicyclic) bond motifs is 1. The number of likely N-dealkylation sites (N-methyl/N-ethyl adjacent to an activating group) is 3. The average molecular weight is 976 g/mol. The summed E-state index contributed by atoms with van der Waals surface area (Å²) < 4.78 is 12.5. The topological polar surface area (TPSA) is 264 Å². The van der Waals surface area contributed by atoms with E-state index in [1.165, 1.54) is 30.8 Å². The van der Waals surface area contributed by atoms with Gasteiger partial charge in [0.05, 0.1) is 18.7 Å². The van der Waals surface area contributed by atoms with Crippen molar-refractivity contribution in [3.63, 3.8) is 0 Å². The highest BCUT2D eigenvalue weighted by atomic mass is 16.6. The number of amides is 5. The van der Waals surface area contributed by atoms with Crippen LogP contribution >= 0.6 is 0 Å². The zero-order chi connectivity index (χ0) is 52.7. The monoisotopic (exact) mass is 976 g/mol. The molecule has 3 rings (SSSR count). The Balaban J connectivity index is 2.11. The Bertz CT molecular complexity index is 2310. The molecule has 0 radical (unpaired) electrons. The number of nitrogens with zero attached hydrogens (tertiary/aromatic N) is 6. The highest BCUT2D eigenvalue weighted by Crippen LogP contribution is 2.26. The number of aromatic nitrogens is 2. The number of aryl methyl sites for hydroxylation is 1. The van der Waals surface area contributed by atoms with Crippen molar-refractivity contribution in [2.45, 2.75) is 163 Å². The van der Waals surface area contributed by atoms with E-state index in [4.69, 9.17) is 20.3 Å². The summed E-state index contributed by atoms with van der Waals surface area (Å²) in [4.78, 5) is 101. The third-order valence-corrected chi connectivity index (χ3v) is 12.2. The van der Waals surface area contributed by atoms with Crippen LogP contribution in [0.3, 0.4) is 0 Å². The lowest BCUT2D eigenvalue weighted by atomic mass is 9.96. The van der Waals surface area contributed by atoms with Gasteiger partial charge in [-0.1, -0.05) is 78.7 Å². The molecule has 2 aromatic heterocycles. The number of hydrogen-bond donors (Lipinski definition) is 4. The number of nitrogens with one attached hydrogen (secondary N) is 2. The van der Waals surface area contributed by atoms with Gasteiger partial charge in [0.15, 0.2) is 6.10 Å². The standard InChI is InChI=1S/C51H77N9O10/c1-29(2)21-38(53)47(63)58(12)42(24-32(7)8)45(61)55-40(23-31(5)6)49(65)59(13)43(26-35-27-60(28-36-25-33(9)70-56-36)41-18-15-14-17-37(35)41)46(62)54-39(22-30(3)4)48(64)57(11)34(10)51(68)69-44(50(66)67)19-16-20-52/h14-15,17-18,25,27,29-32,34,38-40,42-44H,16,19,21-24,26,28,53H2,1-13H3,(H,54,62)(H,55,61)(H,66,67)/t34-,38-,39-,40-,42-,43-,44+/m0/s1. The second kappa shape index (κ2) is 26.6. The summed E-state index contributed by atoms with van der Waals surface area (Å²) in [6.07, 6.45) is 0.834. The number of carboxylic acids is 1. The van der Waals surface area contributed by atoms with E-state index in [2.05, 4.69) is 15.8 Å². The van der Waals surface area contributed by atoms with Crippen molar-refractivity contribution < 1.29 is 47.9 Å². The number of carbonyl (C=O) groups excluding carboxylic acids is 6. The van der Waals surface area contributed by atoms with E-state index in [9.17, 15) is 29.1 Å². The maximum atomic E-state index is 15.0. The first-order valence-electron chi connectivity index (χ1n) is 24.2. The van der Waals surface area contributed by atoms with Gasteiger partial charge in [0.25, 0.3) is 0 Å². The SMILES string of the molecule is Cc1cc(Cn2cc(C[C@@H](C(=O)N[C@@H](CC(C)C)C(=O)N(C)[C@@H](C)C(=O)O[C@H](CCC#N)C(=O)O)N(C)C(=O)[C@H](CC(C)C)NC(=O)[C@H](CC(C)C)N(C)C(=O)[C@@H](N)CC(C)C)c3ccccc32)no1. The normalized spacial score (nSPS) is 14.6. The summed E-state index contributed by atoms with van der Waals surface area (Å²) in [6, 6.07) is 4.53. The maximum absolute atomic E-state index is 15.0. The summed E-state index contributed by atoms with van der Waals surface area (Å²) in [5.41, 5.74) is 8.49. The Hall–Kier alpha value is -6.29. The first-order valence-corrected chi connectivity index (χ1v) is 24.2. The highest BCUT2D eigenvalue weighted by molar-refractivity contribution is 5.97. The molecule has 5 N–H and O–H groups in total. The molecule has 0 bridgehead atoms. The fourth-order valence-corrected chi connectivity index (χ4v) is 8.39. The minimum atomic E-state index is -1.61. The predicted octanol–water partition coefficient (Wildman–Crippen LogP) is 4.81. The van der Waals surface area contributed by atoms with Crippen molar-refractivity contribution in [2.75, 3.05) is 21.1 Å². The number of nitriles is 1. The van der Waals surface area contributed by atoms with Crippen LogP contribution in [0, 0.1) is 41.9 Å². The van der Waals surface area contributed by atoms with Gasteiger partial charge in [0.1, 0.15) is 41.7 Å². The van der Waals surface area contributed by atoms with Gasteiger partial charge < -0.3 is 50.0 Å². The van der Waals surface area contributed by atoms with Gasteiger partial charge in [-0.05, 0) is 74.8 Å². The van der Waals surface area contributed by atoms with Crippen molar-refractivity contribution in [3.8, 4) is 6.07 Å². The molecule has 5 amide bonds. The Morgan fingerprint density at radius 1 is 0.786 bits per heavy atom. The molecule has 19 heteroatoms. The Morgan fingerprint density at radius 3 is 1.83 bits per heavy atom. The van der Waals surface area contributed by atoms with Crippen molar-refractivity contribution >= 4 is 52.4 Å². The summed E-state index contributed by atoms with van der Waals surface area (Å²) in [5, 5.41) is 29.4. The number of para-hydroxylation sites is 1. The van der Waals surface area contributed by atoms with E-state index in [0.29, 0.717) is 36.4 Å². The average Bonchev–Trinajstić information content (AvgIpc) is 3.86. The quantitative estimate of drug-likeness (QED) is 0.0749. The second-order valence-electron chi connectivity index (χ2n) is 20.2. The van der Waals surface area contributed by atoms with Crippen LogP contribution in [0.2, 0.25) is 0 Å². The first kappa shape index (κ1) is 58.0. The molecule has 0 unspecified atom stereocenters. The van der Waals surface area contributed by atoms with Crippen LogP contribution in [0.4, 0.5) is 0 Å². The maximum Gasteiger partial charge on any atom is 0.345 e. The Labute approximate surface area is 412 Å². The van der Waals surface area contributed by atoms with Crippen molar-refractivity contribution in [1.82, 2.24) is 35.1 Å². The third-order valence-electron chi connectivity index (χ3n) is 12.2. The van der Waals surface area contributed by atoms with Crippen molar-refractivity contribution in [1.29, 1.82) is 5.26 Å². The van der Waals surface area contributed by atoms with Gasteiger partial charge in [0.2, 0.25) is 29.5 Å². The molecule has 0 aliphatic heterocycles. The summed E-state index contributed by atoms with van der Waals surface area (Å²) >= 11 is 0. The molecule has 70 heavy (non-hydrogen) atoms. The van der Waals surface area contributed by atoms with Crippen LogP contribution in [0.25, 0.3) is 10.9 Å². The van der Waals surface area contributed by atoms with Crippen LogP contribution in [-0.4, -0.2) is 135 Å².